The van der Waals surface area contributed by atoms with Crippen molar-refractivity contribution in [2.75, 3.05) is 18.6 Å². The first-order chi connectivity index (χ1) is 13.3. The SMILES string of the molecule is CC(C)N(C)Cc1ccccc1CNc1ncnc2ccc(S(C)(=O)=O)cc12. The van der Waals surface area contributed by atoms with E-state index in [1.54, 1.807) is 18.2 Å². The molecule has 0 saturated carbocycles. The van der Waals surface area contributed by atoms with E-state index >= 15 is 0 Å². The van der Waals surface area contributed by atoms with Gasteiger partial charge in [-0.3, -0.25) is 4.90 Å². The van der Waals surface area contributed by atoms with Gasteiger partial charge in [0, 0.05) is 30.8 Å². The lowest BCUT2D eigenvalue weighted by Gasteiger charge is -2.22. The maximum atomic E-state index is 11.9. The largest absolute Gasteiger partial charge is 0.365 e. The molecular formula is C21H26N4O2S. The summed E-state index contributed by atoms with van der Waals surface area (Å²) in [6.45, 7) is 5.80. The predicted octanol–water partition coefficient (Wildman–Crippen LogP) is 3.49. The van der Waals surface area contributed by atoms with Crippen LogP contribution in [0.15, 0.2) is 53.7 Å². The van der Waals surface area contributed by atoms with Gasteiger partial charge in [0.25, 0.3) is 0 Å². The molecule has 28 heavy (non-hydrogen) atoms. The number of rotatable bonds is 7. The number of nitrogens with one attached hydrogen (secondary N) is 1. The normalized spacial score (nSPS) is 12.1. The molecule has 0 bridgehead atoms. The van der Waals surface area contributed by atoms with Gasteiger partial charge >= 0.3 is 0 Å². The van der Waals surface area contributed by atoms with E-state index in [1.165, 1.54) is 23.7 Å². The van der Waals surface area contributed by atoms with E-state index in [4.69, 9.17) is 0 Å². The van der Waals surface area contributed by atoms with Crippen molar-refractivity contribution in [3.05, 3.63) is 59.9 Å². The summed E-state index contributed by atoms with van der Waals surface area (Å²) in [5.41, 5.74) is 3.14. The van der Waals surface area contributed by atoms with Crippen LogP contribution < -0.4 is 5.32 Å². The number of anilines is 1. The Kier molecular flexibility index (Phi) is 5.96. The molecule has 0 aliphatic heterocycles. The molecule has 0 aliphatic carbocycles. The van der Waals surface area contributed by atoms with Gasteiger partial charge in [-0.15, -0.1) is 0 Å². The molecule has 1 aromatic heterocycles. The zero-order chi connectivity index (χ0) is 20.3. The molecule has 0 fully saturated rings. The van der Waals surface area contributed by atoms with Gasteiger partial charge in [0.1, 0.15) is 12.1 Å². The van der Waals surface area contributed by atoms with Crippen LogP contribution in [0.25, 0.3) is 10.9 Å². The highest BCUT2D eigenvalue weighted by Crippen LogP contribution is 2.24. The first kappa shape index (κ1) is 20.2. The van der Waals surface area contributed by atoms with E-state index in [9.17, 15) is 8.42 Å². The van der Waals surface area contributed by atoms with Gasteiger partial charge in [0.15, 0.2) is 9.84 Å². The third-order valence-electron chi connectivity index (χ3n) is 4.90. The van der Waals surface area contributed by atoms with Crippen LogP contribution in [0, 0.1) is 0 Å². The zero-order valence-electron chi connectivity index (χ0n) is 16.7. The van der Waals surface area contributed by atoms with Crippen molar-refractivity contribution in [1.29, 1.82) is 0 Å². The summed E-state index contributed by atoms with van der Waals surface area (Å²) >= 11 is 0. The lowest BCUT2D eigenvalue weighted by atomic mass is 10.1. The number of benzene rings is 2. The van der Waals surface area contributed by atoms with Crippen molar-refractivity contribution >= 4 is 26.6 Å². The number of sulfone groups is 1. The summed E-state index contributed by atoms with van der Waals surface area (Å²) in [6, 6.07) is 13.7. The van der Waals surface area contributed by atoms with E-state index in [0.29, 0.717) is 29.3 Å². The highest BCUT2D eigenvalue weighted by molar-refractivity contribution is 7.90. The van der Waals surface area contributed by atoms with Crippen molar-refractivity contribution in [3.63, 3.8) is 0 Å². The van der Waals surface area contributed by atoms with Crippen molar-refractivity contribution in [2.45, 2.75) is 37.9 Å². The van der Waals surface area contributed by atoms with Crippen LogP contribution in [0.5, 0.6) is 0 Å². The fraction of sp³-hybridized carbons (Fsp3) is 0.333. The van der Waals surface area contributed by atoms with Crippen LogP contribution in [0.2, 0.25) is 0 Å². The van der Waals surface area contributed by atoms with E-state index in [0.717, 1.165) is 6.54 Å². The second kappa shape index (κ2) is 8.24. The second-order valence-electron chi connectivity index (χ2n) is 7.30. The van der Waals surface area contributed by atoms with Gasteiger partial charge in [-0.2, -0.15) is 0 Å². The van der Waals surface area contributed by atoms with E-state index in [-0.39, 0.29) is 4.90 Å². The molecule has 0 amide bonds. The third-order valence-corrected chi connectivity index (χ3v) is 6.01. The van der Waals surface area contributed by atoms with Crippen LogP contribution in [-0.2, 0) is 22.9 Å². The highest BCUT2D eigenvalue weighted by atomic mass is 32.2. The summed E-state index contributed by atoms with van der Waals surface area (Å²) < 4.78 is 23.8. The summed E-state index contributed by atoms with van der Waals surface area (Å²) in [6.07, 6.45) is 2.69. The fourth-order valence-corrected chi connectivity index (χ4v) is 3.57. The minimum Gasteiger partial charge on any atom is -0.365 e. The van der Waals surface area contributed by atoms with Crippen LogP contribution in [0.3, 0.4) is 0 Å². The molecule has 0 spiro atoms. The molecule has 3 rings (SSSR count). The molecule has 0 aliphatic rings. The topological polar surface area (TPSA) is 75.2 Å². The average molecular weight is 399 g/mol. The van der Waals surface area contributed by atoms with Gasteiger partial charge in [0.05, 0.1) is 10.4 Å². The molecule has 2 aromatic carbocycles. The highest BCUT2D eigenvalue weighted by Gasteiger charge is 2.12. The molecule has 7 heteroatoms. The molecule has 0 atom stereocenters. The third kappa shape index (κ3) is 4.66. The van der Waals surface area contributed by atoms with Gasteiger partial charge in [-0.25, -0.2) is 18.4 Å². The number of nitrogens with zero attached hydrogens (tertiary/aromatic N) is 3. The number of fused-ring (bicyclic) bond motifs is 1. The van der Waals surface area contributed by atoms with Gasteiger partial charge in [0.2, 0.25) is 0 Å². The first-order valence-corrected chi connectivity index (χ1v) is 11.1. The summed E-state index contributed by atoms with van der Waals surface area (Å²) in [4.78, 5) is 11.1. The molecule has 0 radical (unpaired) electrons. The Hall–Kier alpha value is -2.51. The first-order valence-electron chi connectivity index (χ1n) is 9.21. The average Bonchev–Trinajstić information content (AvgIpc) is 2.66. The summed E-state index contributed by atoms with van der Waals surface area (Å²) in [5, 5.41) is 4.06. The Labute approximate surface area is 166 Å². The molecular weight excluding hydrogens is 372 g/mol. The van der Waals surface area contributed by atoms with Crippen molar-refractivity contribution < 1.29 is 8.42 Å². The van der Waals surface area contributed by atoms with Crippen molar-refractivity contribution in [2.24, 2.45) is 0 Å². The Morgan fingerprint density at radius 1 is 1.07 bits per heavy atom. The van der Waals surface area contributed by atoms with Crippen LogP contribution >= 0.6 is 0 Å². The number of aromatic nitrogens is 2. The van der Waals surface area contributed by atoms with Crippen molar-refractivity contribution in [3.8, 4) is 0 Å². The quantitative estimate of drug-likeness (QED) is 0.657. The van der Waals surface area contributed by atoms with E-state index < -0.39 is 9.84 Å². The molecule has 6 nitrogen and oxygen atoms in total. The number of hydrogen-bond donors (Lipinski definition) is 1. The fourth-order valence-electron chi connectivity index (χ4n) is 2.92. The Morgan fingerprint density at radius 3 is 2.46 bits per heavy atom. The van der Waals surface area contributed by atoms with Gasteiger partial charge < -0.3 is 5.32 Å². The summed E-state index contributed by atoms with van der Waals surface area (Å²) in [5.74, 6) is 0.627. The van der Waals surface area contributed by atoms with Crippen molar-refractivity contribution in [1.82, 2.24) is 14.9 Å². The monoisotopic (exact) mass is 398 g/mol. The van der Waals surface area contributed by atoms with Gasteiger partial charge in [-0.1, -0.05) is 24.3 Å². The lowest BCUT2D eigenvalue weighted by molar-refractivity contribution is 0.265. The van der Waals surface area contributed by atoms with E-state index in [1.807, 2.05) is 12.1 Å². The molecule has 1 N–H and O–H groups in total. The number of hydrogen-bond acceptors (Lipinski definition) is 6. The van der Waals surface area contributed by atoms with Crippen LogP contribution in [0.1, 0.15) is 25.0 Å². The maximum Gasteiger partial charge on any atom is 0.175 e. The summed E-state index contributed by atoms with van der Waals surface area (Å²) in [7, 11) is -1.18. The lowest BCUT2D eigenvalue weighted by Crippen LogP contribution is -2.26. The Morgan fingerprint density at radius 2 is 1.79 bits per heavy atom. The molecule has 0 saturated heterocycles. The Bertz CT molecular complexity index is 1080. The zero-order valence-corrected chi connectivity index (χ0v) is 17.5. The minimum atomic E-state index is -3.30. The Balaban J connectivity index is 1.88. The maximum absolute atomic E-state index is 11.9. The van der Waals surface area contributed by atoms with Crippen LogP contribution in [-0.4, -0.2) is 42.6 Å². The van der Waals surface area contributed by atoms with E-state index in [2.05, 4.69) is 53.2 Å². The van der Waals surface area contributed by atoms with Crippen LogP contribution in [0.4, 0.5) is 5.82 Å². The molecule has 148 valence electrons. The smallest absolute Gasteiger partial charge is 0.175 e. The standard InChI is InChI=1S/C21H26N4O2S/c1-15(2)25(3)13-17-8-6-5-7-16(17)12-22-21-19-11-18(28(4,26)27)9-10-20(19)23-14-24-21/h5-11,14-15H,12-13H2,1-4H3,(H,22,23,24). The predicted molar refractivity (Wildman–Crippen MR) is 113 cm³/mol. The second-order valence-corrected chi connectivity index (χ2v) is 9.32. The molecule has 3 aromatic rings. The molecule has 0 unspecified atom stereocenters. The minimum absolute atomic E-state index is 0.261. The van der Waals surface area contributed by atoms with Gasteiger partial charge in [-0.05, 0) is 50.2 Å². The molecule has 1 heterocycles.